The summed E-state index contributed by atoms with van der Waals surface area (Å²) >= 11 is 3.32. The van der Waals surface area contributed by atoms with Crippen LogP contribution in [0.3, 0.4) is 0 Å². The number of amides is 2. The summed E-state index contributed by atoms with van der Waals surface area (Å²) in [5.41, 5.74) is 3.00. The summed E-state index contributed by atoms with van der Waals surface area (Å²) in [6, 6.07) is 7.38. The Morgan fingerprint density at radius 2 is 2.10 bits per heavy atom. The maximum atomic E-state index is 11.5. The summed E-state index contributed by atoms with van der Waals surface area (Å²) in [5, 5.41) is 6.26. The summed E-state index contributed by atoms with van der Waals surface area (Å²) in [7, 11) is 0. The molecule has 0 aliphatic carbocycles. The number of carbonyl (C=O) groups excluding carboxylic acids is 2. The smallest absolute Gasteiger partial charge is 0.329 e. The average molecular weight is 354 g/mol. The second-order valence-electron chi connectivity index (χ2n) is 4.60. The van der Waals surface area contributed by atoms with Crippen LogP contribution in [0.5, 0.6) is 0 Å². The Kier molecular flexibility index (Phi) is 5.89. The molecule has 2 amide bonds. The molecule has 0 unspecified atom stereocenters. The van der Waals surface area contributed by atoms with Crippen molar-refractivity contribution in [3.63, 3.8) is 0 Å². The van der Waals surface area contributed by atoms with Gasteiger partial charge < -0.3 is 10.1 Å². The van der Waals surface area contributed by atoms with Crippen molar-refractivity contribution in [3.05, 3.63) is 34.3 Å². The molecule has 1 aromatic carbocycles. The number of carbonyl (C=O) groups is 2. The number of nitrogens with one attached hydrogen (secondary N) is 2. The predicted molar refractivity (Wildman–Crippen MR) is 81.9 cm³/mol. The van der Waals surface area contributed by atoms with Crippen molar-refractivity contribution in [1.29, 1.82) is 0 Å². The van der Waals surface area contributed by atoms with Crippen LogP contribution < -0.4 is 10.7 Å². The second-order valence-corrected chi connectivity index (χ2v) is 5.51. The van der Waals surface area contributed by atoms with Crippen LogP contribution in [0.25, 0.3) is 0 Å². The highest BCUT2D eigenvalue weighted by Crippen LogP contribution is 2.10. The maximum absolute atomic E-state index is 11.5. The van der Waals surface area contributed by atoms with E-state index in [1.807, 2.05) is 24.3 Å². The van der Waals surface area contributed by atoms with Gasteiger partial charge in [-0.25, -0.2) is 5.43 Å². The molecule has 0 spiro atoms. The summed E-state index contributed by atoms with van der Waals surface area (Å²) < 4.78 is 6.31. The highest BCUT2D eigenvalue weighted by molar-refractivity contribution is 9.10. The number of halogens is 1. The molecular formula is C14H16BrN3O3. The van der Waals surface area contributed by atoms with Gasteiger partial charge in [0, 0.05) is 17.6 Å². The van der Waals surface area contributed by atoms with Gasteiger partial charge in [-0.05, 0) is 30.5 Å². The van der Waals surface area contributed by atoms with Gasteiger partial charge in [-0.1, -0.05) is 28.1 Å². The molecule has 1 fully saturated rings. The molecule has 1 aliphatic heterocycles. The third kappa shape index (κ3) is 5.28. The van der Waals surface area contributed by atoms with Gasteiger partial charge in [0.2, 0.25) is 0 Å². The number of hydrogen-bond donors (Lipinski definition) is 2. The molecule has 2 N–H and O–H groups in total. The first-order chi connectivity index (χ1) is 10.1. The first-order valence-electron chi connectivity index (χ1n) is 6.63. The van der Waals surface area contributed by atoms with E-state index in [4.69, 9.17) is 4.74 Å². The fourth-order valence-electron chi connectivity index (χ4n) is 1.86. The van der Waals surface area contributed by atoms with Gasteiger partial charge in [0.25, 0.3) is 0 Å². The Morgan fingerprint density at radius 1 is 1.33 bits per heavy atom. The molecule has 7 heteroatoms. The molecular weight excluding hydrogens is 338 g/mol. The monoisotopic (exact) mass is 353 g/mol. The molecule has 1 atom stereocenters. The number of rotatable bonds is 4. The molecule has 1 heterocycles. The minimum atomic E-state index is -0.790. The van der Waals surface area contributed by atoms with Gasteiger partial charge in [-0.3, -0.25) is 9.59 Å². The van der Waals surface area contributed by atoms with Crippen molar-refractivity contribution in [3.8, 4) is 0 Å². The lowest BCUT2D eigenvalue weighted by atomic mass is 10.2. The normalized spacial score (nSPS) is 17.9. The van der Waals surface area contributed by atoms with E-state index in [-0.39, 0.29) is 6.10 Å². The zero-order valence-corrected chi connectivity index (χ0v) is 12.9. The fraction of sp³-hybridized carbons (Fsp3) is 0.357. The topological polar surface area (TPSA) is 79.8 Å². The summed E-state index contributed by atoms with van der Waals surface area (Å²) in [4.78, 5) is 23.0. The van der Waals surface area contributed by atoms with Crippen molar-refractivity contribution in [2.45, 2.75) is 18.9 Å². The maximum Gasteiger partial charge on any atom is 0.329 e. The van der Waals surface area contributed by atoms with Crippen molar-refractivity contribution in [1.82, 2.24) is 10.7 Å². The lowest BCUT2D eigenvalue weighted by Crippen LogP contribution is -2.41. The Labute approximate surface area is 131 Å². The van der Waals surface area contributed by atoms with Crippen LogP contribution >= 0.6 is 15.9 Å². The molecule has 0 bridgehead atoms. The van der Waals surface area contributed by atoms with E-state index in [0.29, 0.717) is 13.2 Å². The van der Waals surface area contributed by atoms with Crippen LogP contribution in [0, 0.1) is 0 Å². The Morgan fingerprint density at radius 3 is 2.76 bits per heavy atom. The van der Waals surface area contributed by atoms with Crippen molar-refractivity contribution in [2.75, 3.05) is 13.2 Å². The Hall–Kier alpha value is -1.73. The molecule has 6 nitrogen and oxygen atoms in total. The molecule has 112 valence electrons. The van der Waals surface area contributed by atoms with E-state index in [0.717, 1.165) is 22.9 Å². The Balaban J connectivity index is 1.72. The third-order valence-electron chi connectivity index (χ3n) is 2.97. The van der Waals surface area contributed by atoms with Crippen LogP contribution in [0.4, 0.5) is 0 Å². The van der Waals surface area contributed by atoms with Crippen molar-refractivity contribution in [2.24, 2.45) is 5.10 Å². The second kappa shape index (κ2) is 7.90. The molecule has 1 saturated heterocycles. The highest BCUT2D eigenvalue weighted by Gasteiger charge is 2.18. The quantitative estimate of drug-likeness (QED) is 0.484. The van der Waals surface area contributed by atoms with Gasteiger partial charge in [0.05, 0.1) is 12.3 Å². The zero-order chi connectivity index (χ0) is 15.1. The van der Waals surface area contributed by atoms with Crippen molar-refractivity contribution < 1.29 is 14.3 Å². The minimum Gasteiger partial charge on any atom is -0.376 e. The lowest BCUT2D eigenvalue weighted by molar-refractivity contribution is -0.139. The van der Waals surface area contributed by atoms with Gasteiger partial charge in [-0.2, -0.15) is 5.10 Å². The van der Waals surface area contributed by atoms with E-state index in [2.05, 4.69) is 31.8 Å². The van der Waals surface area contributed by atoms with Gasteiger partial charge in [0.15, 0.2) is 0 Å². The van der Waals surface area contributed by atoms with Crippen LogP contribution in [0.1, 0.15) is 18.4 Å². The third-order valence-corrected chi connectivity index (χ3v) is 3.50. The molecule has 0 aromatic heterocycles. The molecule has 2 rings (SSSR count). The SMILES string of the molecule is O=C(NC[C@@H]1CCCO1)C(=O)N/N=C\c1ccc(Br)cc1. The first kappa shape index (κ1) is 15.7. The summed E-state index contributed by atoms with van der Waals surface area (Å²) in [5.74, 6) is -1.50. The zero-order valence-electron chi connectivity index (χ0n) is 11.3. The summed E-state index contributed by atoms with van der Waals surface area (Å²) in [6.07, 6.45) is 3.37. The van der Waals surface area contributed by atoms with Gasteiger partial charge >= 0.3 is 11.8 Å². The average Bonchev–Trinajstić information content (AvgIpc) is 3.00. The largest absolute Gasteiger partial charge is 0.376 e. The fourth-order valence-corrected chi connectivity index (χ4v) is 2.12. The van der Waals surface area contributed by atoms with E-state index in [1.54, 1.807) is 0 Å². The summed E-state index contributed by atoms with van der Waals surface area (Å²) in [6.45, 7) is 1.06. The number of nitrogens with zero attached hydrogens (tertiary/aromatic N) is 1. The van der Waals surface area contributed by atoms with Crippen LogP contribution in [-0.2, 0) is 14.3 Å². The highest BCUT2D eigenvalue weighted by atomic mass is 79.9. The van der Waals surface area contributed by atoms with Crippen molar-refractivity contribution >= 4 is 34.0 Å². The van der Waals surface area contributed by atoms with E-state index in [9.17, 15) is 9.59 Å². The van der Waals surface area contributed by atoms with Gasteiger partial charge in [0.1, 0.15) is 0 Å². The Bertz CT molecular complexity index is 525. The standard InChI is InChI=1S/C14H16BrN3O3/c15-11-5-3-10(4-6-11)8-17-18-14(20)13(19)16-9-12-2-1-7-21-12/h3-6,8,12H,1-2,7,9H2,(H,16,19)(H,18,20)/b17-8-/t12-/m0/s1. The first-order valence-corrected chi connectivity index (χ1v) is 7.43. The van der Waals surface area contributed by atoms with E-state index in [1.165, 1.54) is 6.21 Å². The van der Waals surface area contributed by atoms with E-state index >= 15 is 0 Å². The number of benzene rings is 1. The number of hydrazone groups is 1. The van der Waals surface area contributed by atoms with Crippen LogP contribution in [0.15, 0.2) is 33.8 Å². The molecule has 1 aromatic rings. The van der Waals surface area contributed by atoms with Crippen LogP contribution in [-0.4, -0.2) is 37.3 Å². The number of hydrogen-bond acceptors (Lipinski definition) is 4. The van der Waals surface area contributed by atoms with E-state index < -0.39 is 11.8 Å². The van der Waals surface area contributed by atoms with Gasteiger partial charge in [-0.15, -0.1) is 0 Å². The van der Waals surface area contributed by atoms with Crippen LogP contribution in [0.2, 0.25) is 0 Å². The lowest BCUT2D eigenvalue weighted by Gasteiger charge is -2.09. The minimum absolute atomic E-state index is 0.00742. The molecule has 1 aliphatic rings. The molecule has 21 heavy (non-hydrogen) atoms. The predicted octanol–water partition coefficient (Wildman–Crippen LogP) is 1.19. The molecule has 0 saturated carbocycles. The number of ether oxygens (including phenoxy) is 1. The molecule has 0 radical (unpaired) electrons.